The third kappa shape index (κ3) is 2.82. The molecule has 1 unspecified atom stereocenters. The van der Waals surface area contributed by atoms with E-state index < -0.39 is 0 Å². The summed E-state index contributed by atoms with van der Waals surface area (Å²) in [5.74, 6) is -0.180. The van der Waals surface area contributed by atoms with Gasteiger partial charge in [0.15, 0.2) is 5.78 Å². The fourth-order valence-electron chi connectivity index (χ4n) is 3.04. The molecule has 0 bridgehead atoms. The number of hydrogen-bond donors (Lipinski definition) is 0. The van der Waals surface area contributed by atoms with Crippen molar-refractivity contribution in [2.75, 3.05) is 20.1 Å². The first kappa shape index (κ1) is 14.5. The molecule has 1 aliphatic carbocycles. The van der Waals surface area contributed by atoms with Gasteiger partial charge in [0.25, 0.3) is 0 Å². The molecule has 1 aromatic heterocycles. The average molecular weight is 305 g/mol. The van der Waals surface area contributed by atoms with Crippen LogP contribution in [0.15, 0.2) is 4.99 Å². The molecule has 1 saturated heterocycles. The number of carbonyl (C=O) groups is 2. The van der Waals surface area contributed by atoms with Crippen molar-refractivity contribution >= 4 is 28.6 Å². The van der Waals surface area contributed by atoms with Crippen molar-refractivity contribution < 1.29 is 9.59 Å². The van der Waals surface area contributed by atoms with Crippen molar-refractivity contribution in [3.8, 4) is 0 Å². The lowest BCUT2D eigenvalue weighted by molar-refractivity contribution is 0.0966. The quantitative estimate of drug-likeness (QED) is 0.858. The monoisotopic (exact) mass is 305 g/mol. The molecule has 2 aliphatic rings. The summed E-state index contributed by atoms with van der Waals surface area (Å²) < 4.78 is 0. The van der Waals surface area contributed by atoms with Crippen molar-refractivity contribution in [2.24, 2.45) is 4.99 Å². The number of rotatable bonds is 3. The molecule has 1 fully saturated rings. The van der Waals surface area contributed by atoms with Gasteiger partial charge in [0.2, 0.25) is 5.78 Å². The number of carbonyl (C=O) groups excluding carboxylic acids is 2. The summed E-state index contributed by atoms with van der Waals surface area (Å²) in [7, 11) is 2.13. The lowest BCUT2D eigenvalue weighted by Gasteiger charge is -2.18. The van der Waals surface area contributed by atoms with E-state index in [4.69, 9.17) is 0 Å². The highest BCUT2D eigenvalue weighted by molar-refractivity contribution is 7.14. The highest BCUT2D eigenvalue weighted by Crippen LogP contribution is 2.25. The van der Waals surface area contributed by atoms with Gasteiger partial charge < -0.3 is 4.90 Å². The molecule has 2 heterocycles. The molecule has 0 spiro atoms. The molecule has 1 aromatic rings. The lowest BCUT2D eigenvalue weighted by atomic mass is 9.98. The van der Waals surface area contributed by atoms with Crippen molar-refractivity contribution in [1.82, 2.24) is 9.88 Å². The van der Waals surface area contributed by atoms with Crippen LogP contribution in [-0.4, -0.2) is 53.3 Å². The second kappa shape index (κ2) is 5.77. The van der Waals surface area contributed by atoms with Crippen LogP contribution in [0.2, 0.25) is 0 Å². The van der Waals surface area contributed by atoms with Crippen LogP contribution in [0.5, 0.6) is 0 Å². The Hall–Kier alpha value is -1.40. The van der Waals surface area contributed by atoms with E-state index in [0.717, 1.165) is 18.0 Å². The van der Waals surface area contributed by atoms with Crippen LogP contribution in [0, 0.1) is 6.92 Å². The number of likely N-dealkylation sites (tertiary alicyclic amines) is 1. The SMILES string of the molecule is Cc1nc2c(s1)C(=O)CC(=NCCC1CCCN1C)C2=O. The van der Waals surface area contributed by atoms with Crippen molar-refractivity contribution in [1.29, 1.82) is 0 Å². The summed E-state index contributed by atoms with van der Waals surface area (Å²) in [5, 5.41) is 0.760. The smallest absolute Gasteiger partial charge is 0.227 e. The number of thiazole rings is 1. The Morgan fingerprint density at radius 1 is 1.43 bits per heavy atom. The highest BCUT2D eigenvalue weighted by Gasteiger charge is 2.32. The summed E-state index contributed by atoms with van der Waals surface area (Å²) in [6, 6.07) is 0.556. The molecule has 0 N–H and O–H groups in total. The van der Waals surface area contributed by atoms with Gasteiger partial charge in [0.05, 0.1) is 17.1 Å². The van der Waals surface area contributed by atoms with Gasteiger partial charge in [-0.25, -0.2) is 4.98 Å². The van der Waals surface area contributed by atoms with E-state index in [1.54, 1.807) is 0 Å². The maximum Gasteiger partial charge on any atom is 0.227 e. The van der Waals surface area contributed by atoms with Crippen LogP contribution < -0.4 is 0 Å². The second-order valence-corrected chi connectivity index (χ2v) is 6.94. The fraction of sp³-hybridized carbons (Fsp3) is 0.600. The number of nitrogens with zero attached hydrogens (tertiary/aromatic N) is 3. The molecule has 3 rings (SSSR count). The normalized spacial score (nSPS) is 24.9. The third-order valence-corrected chi connectivity index (χ3v) is 5.24. The first-order chi connectivity index (χ1) is 10.1. The van der Waals surface area contributed by atoms with Gasteiger partial charge in [-0.1, -0.05) is 0 Å². The minimum atomic E-state index is -0.159. The van der Waals surface area contributed by atoms with Gasteiger partial charge in [-0.05, 0) is 39.8 Å². The Kier molecular flexibility index (Phi) is 3.99. The summed E-state index contributed by atoms with van der Waals surface area (Å²) in [6.07, 6.45) is 3.51. The molecule has 21 heavy (non-hydrogen) atoms. The zero-order valence-corrected chi connectivity index (χ0v) is 13.2. The molecule has 1 atom stereocenters. The number of aromatic nitrogens is 1. The molecule has 5 nitrogen and oxygen atoms in total. The minimum Gasteiger partial charge on any atom is -0.303 e. The van der Waals surface area contributed by atoms with Crippen LogP contribution in [0.25, 0.3) is 0 Å². The van der Waals surface area contributed by atoms with Gasteiger partial charge in [-0.15, -0.1) is 11.3 Å². The summed E-state index contributed by atoms with van der Waals surface area (Å²) >= 11 is 1.31. The van der Waals surface area contributed by atoms with Crippen LogP contribution in [0.4, 0.5) is 0 Å². The molecular formula is C15H19N3O2S. The zero-order valence-electron chi connectivity index (χ0n) is 12.4. The predicted octanol–water partition coefficient (Wildman–Crippen LogP) is 2.15. The number of fused-ring (bicyclic) bond motifs is 1. The lowest BCUT2D eigenvalue weighted by Crippen LogP contribution is -2.28. The van der Waals surface area contributed by atoms with Crippen LogP contribution in [-0.2, 0) is 0 Å². The number of hydrogen-bond acceptors (Lipinski definition) is 6. The van der Waals surface area contributed by atoms with E-state index in [-0.39, 0.29) is 18.0 Å². The van der Waals surface area contributed by atoms with Crippen LogP contribution >= 0.6 is 11.3 Å². The Labute approximate surface area is 128 Å². The molecule has 0 saturated carbocycles. The summed E-state index contributed by atoms with van der Waals surface area (Å²) in [4.78, 5) is 35.8. The topological polar surface area (TPSA) is 62.6 Å². The standard InChI is InChI=1S/C15H19N3O2S/c1-9-17-13-14(20)11(8-12(19)15(13)21-9)16-6-5-10-4-3-7-18(10)2/h10H,3-8H2,1-2H3. The van der Waals surface area contributed by atoms with E-state index in [0.29, 0.717) is 28.9 Å². The predicted molar refractivity (Wildman–Crippen MR) is 82.7 cm³/mol. The Morgan fingerprint density at radius 2 is 2.24 bits per heavy atom. The van der Waals surface area contributed by atoms with Gasteiger partial charge in [-0.3, -0.25) is 14.6 Å². The molecule has 0 amide bonds. The summed E-state index contributed by atoms with van der Waals surface area (Å²) in [5.41, 5.74) is 0.698. The number of ketones is 2. The first-order valence-corrected chi connectivity index (χ1v) is 8.17. The second-order valence-electron chi connectivity index (χ2n) is 5.73. The first-order valence-electron chi connectivity index (χ1n) is 7.35. The van der Waals surface area contributed by atoms with Gasteiger partial charge in [0.1, 0.15) is 10.6 Å². The van der Waals surface area contributed by atoms with E-state index in [1.807, 2.05) is 6.92 Å². The largest absolute Gasteiger partial charge is 0.303 e. The van der Waals surface area contributed by atoms with E-state index in [2.05, 4.69) is 21.9 Å². The molecular weight excluding hydrogens is 286 g/mol. The van der Waals surface area contributed by atoms with Gasteiger partial charge >= 0.3 is 0 Å². The van der Waals surface area contributed by atoms with Crippen molar-refractivity contribution in [3.05, 3.63) is 15.6 Å². The molecule has 1 aliphatic heterocycles. The number of aliphatic imine (C=N–C) groups is 1. The molecule has 0 aromatic carbocycles. The van der Waals surface area contributed by atoms with Crippen molar-refractivity contribution in [3.63, 3.8) is 0 Å². The Morgan fingerprint density at radius 3 is 2.95 bits per heavy atom. The molecule has 6 heteroatoms. The van der Waals surface area contributed by atoms with Crippen LogP contribution in [0.1, 0.15) is 50.9 Å². The average Bonchev–Trinajstić information content (AvgIpc) is 3.02. The molecule has 112 valence electrons. The fourth-order valence-corrected chi connectivity index (χ4v) is 3.89. The van der Waals surface area contributed by atoms with Crippen molar-refractivity contribution in [2.45, 2.75) is 38.6 Å². The van der Waals surface area contributed by atoms with E-state index in [1.165, 1.54) is 24.2 Å². The number of Topliss-reactive ketones (excluding diaryl/α,β-unsaturated/α-hetero) is 2. The Bertz CT molecular complexity index is 620. The molecule has 0 radical (unpaired) electrons. The van der Waals surface area contributed by atoms with Crippen LogP contribution in [0.3, 0.4) is 0 Å². The third-order valence-electron chi connectivity index (χ3n) is 4.23. The zero-order chi connectivity index (χ0) is 15.0. The van der Waals surface area contributed by atoms with Gasteiger partial charge in [0, 0.05) is 12.6 Å². The maximum absolute atomic E-state index is 12.3. The van der Waals surface area contributed by atoms with E-state index >= 15 is 0 Å². The Balaban J connectivity index is 1.70. The van der Waals surface area contributed by atoms with Gasteiger partial charge in [-0.2, -0.15) is 0 Å². The highest BCUT2D eigenvalue weighted by atomic mass is 32.1. The minimum absolute atomic E-state index is 0.0214. The van der Waals surface area contributed by atoms with E-state index in [9.17, 15) is 9.59 Å². The maximum atomic E-state index is 12.3. The number of aryl methyl sites for hydroxylation is 1. The summed E-state index contributed by atoms with van der Waals surface area (Å²) in [6.45, 7) is 3.57.